The molecule has 1 aliphatic heterocycles. The third-order valence-electron chi connectivity index (χ3n) is 2.96. The molecule has 0 aromatic heterocycles. The van der Waals surface area contributed by atoms with E-state index in [9.17, 15) is 14.4 Å². The first kappa shape index (κ1) is 16.6. The number of amides is 3. The molecule has 0 saturated carbocycles. The van der Waals surface area contributed by atoms with E-state index in [-0.39, 0.29) is 24.9 Å². The molecule has 1 fully saturated rings. The van der Waals surface area contributed by atoms with Gasteiger partial charge in [-0.1, -0.05) is 0 Å². The van der Waals surface area contributed by atoms with E-state index in [2.05, 4.69) is 5.32 Å². The monoisotopic (exact) mass is 303 g/mol. The fraction of sp³-hybridized carbons (Fsp3) is 0.750. The number of thioether (sulfide) groups is 1. The van der Waals surface area contributed by atoms with Gasteiger partial charge >= 0.3 is 12.0 Å². The van der Waals surface area contributed by atoms with E-state index in [1.807, 2.05) is 0 Å². The summed E-state index contributed by atoms with van der Waals surface area (Å²) in [5.41, 5.74) is 4.39. The highest BCUT2D eigenvalue weighted by atomic mass is 32.2. The second-order valence-electron chi connectivity index (χ2n) is 5.48. The van der Waals surface area contributed by atoms with Gasteiger partial charge in [-0.15, -0.1) is 0 Å². The van der Waals surface area contributed by atoms with Crippen molar-refractivity contribution in [3.8, 4) is 0 Å². The van der Waals surface area contributed by atoms with E-state index in [1.165, 1.54) is 4.90 Å². The second kappa shape index (κ2) is 6.83. The lowest BCUT2D eigenvalue weighted by Gasteiger charge is -2.37. The van der Waals surface area contributed by atoms with Crippen molar-refractivity contribution in [3.63, 3.8) is 0 Å². The van der Waals surface area contributed by atoms with Crippen LogP contribution >= 0.6 is 11.8 Å². The summed E-state index contributed by atoms with van der Waals surface area (Å²) in [5, 5.41) is 11.6. The summed E-state index contributed by atoms with van der Waals surface area (Å²) in [6.07, 6.45) is -0.0401. The zero-order valence-electron chi connectivity index (χ0n) is 11.7. The molecular formula is C12H21N3O4S. The Kier molecular flexibility index (Phi) is 5.67. The molecule has 0 aromatic rings. The number of carbonyl (C=O) groups excluding carboxylic acids is 2. The topological polar surface area (TPSA) is 113 Å². The Morgan fingerprint density at radius 1 is 1.45 bits per heavy atom. The zero-order chi connectivity index (χ0) is 15.3. The van der Waals surface area contributed by atoms with Crippen LogP contribution in [0, 0.1) is 0 Å². The second-order valence-corrected chi connectivity index (χ2v) is 6.63. The number of carboxylic acid groups (broad SMARTS) is 1. The molecule has 4 N–H and O–H groups in total. The minimum absolute atomic E-state index is 0.0327. The van der Waals surface area contributed by atoms with Crippen molar-refractivity contribution in [2.24, 2.45) is 5.73 Å². The van der Waals surface area contributed by atoms with E-state index in [0.29, 0.717) is 12.3 Å². The summed E-state index contributed by atoms with van der Waals surface area (Å²) in [5.74, 6) is -0.0336. The van der Waals surface area contributed by atoms with Crippen LogP contribution in [0.15, 0.2) is 0 Å². The highest BCUT2D eigenvalue weighted by Gasteiger charge is 2.32. The van der Waals surface area contributed by atoms with Crippen molar-refractivity contribution in [3.05, 3.63) is 0 Å². The first-order valence-electron chi connectivity index (χ1n) is 6.38. The van der Waals surface area contributed by atoms with Crippen molar-refractivity contribution >= 4 is 29.7 Å². The van der Waals surface area contributed by atoms with Gasteiger partial charge in [0.15, 0.2) is 0 Å². The number of carbonyl (C=O) groups is 3. The van der Waals surface area contributed by atoms with Crippen molar-refractivity contribution in [1.29, 1.82) is 0 Å². The Morgan fingerprint density at radius 3 is 2.65 bits per heavy atom. The number of hydrogen-bond donors (Lipinski definition) is 3. The van der Waals surface area contributed by atoms with Crippen LogP contribution < -0.4 is 11.1 Å². The lowest BCUT2D eigenvalue weighted by molar-refractivity contribution is -0.138. The molecule has 3 amide bonds. The molecule has 1 heterocycles. The maximum Gasteiger partial charge on any atom is 0.318 e. The molecule has 1 atom stereocenters. The normalized spacial score (nSPS) is 19.5. The minimum Gasteiger partial charge on any atom is -0.481 e. The lowest BCUT2D eigenvalue weighted by Crippen LogP contribution is -2.56. The summed E-state index contributed by atoms with van der Waals surface area (Å²) < 4.78 is 0. The van der Waals surface area contributed by atoms with Crippen LogP contribution in [-0.2, 0) is 9.59 Å². The van der Waals surface area contributed by atoms with Gasteiger partial charge in [0.1, 0.15) is 0 Å². The molecule has 0 aliphatic carbocycles. The molecule has 20 heavy (non-hydrogen) atoms. The molecule has 8 heteroatoms. The van der Waals surface area contributed by atoms with Gasteiger partial charge in [-0.25, -0.2) is 4.79 Å². The fourth-order valence-electron chi connectivity index (χ4n) is 2.13. The maximum absolute atomic E-state index is 12.2. The smallest absolute Gasteiger partial charge is 0.318 e. The summed E-state index contributed by atoms with van der Waals surface area (Å²) in [7, 11) is 0. The number of urea groups is 1. The summed E-state index contributed by atoms with van der Waals surface area (Å²) in [6, 6.07) is -0.668. The summed E-state index contributed by atoms with van der Waals surface area (Å²) in [6.45, 7) is 3.92. The highest BCUT2D eigenvalue weighted by molar-refractivity contribution is 7.99. The first-order chi connectivity index (χ1) is 9.21. The minimum atomic E-state index is -0.924. The third kappa shape index (κ3) is 5.28. The van der Waals surface area contributed by atoms with Gasteiger partial charge in [0.2, 0.25) is 5.91 Å². The molecule has 0 radical (unpaired) electrons. The number of nitrogens with zero attached hydrogens (tertiary/aromatic N) is 1. The number of hydrogen-bond acceptors (Lipinski definition) is 4. The van der Waals surface area contributed by atoms with Crippen molar-refractivity contribution < 1.29 is 19.5 Å². The number of carboxylic acids is 1. The van der Waals surface area contributed by atoms with E-state index < -0.39 is 17.4 Å². The summed E-state index contributed by atoms with van der Waals surface area (Å²) >= 11 is 1.64. The van der Waals surface area contributed by atoms with Crippen LogP contribution in [0.3, 0.4) is 0 Å². The fourth-order valence-corrected chi connectivity index (χ4v) is 3.20. The van der Waals surface area contributed by atoms with Crippen LogP contribution in [-0.4, -0.2) is 57.5 Å². The zero-order valence-corrected chi connectivity index (χ0v) is 12.5. The van der Waals surface area contributed by atoms with Gasteiger partial charge in [0.05, 0.1) is 12.5 Å². The molecular weight excluding hydrogens is 282 g/mol. The van der Waals surface area contributed by atoms with E-state index in [1.54, 1.807) is 25.6 Å². The average molecular weight is 303 g/mol. The number of nitrogens with two attached hydrogens (primary N) is 1. The van der Waals surface area contributed by atoms with Crippen LogP contribution in [0.4, 0.5) is 4.79 Å². The van der Waals surface area contributed by atoms with E-state index in [0.717, 1.165) is 5.75 Å². The number of primary amides is 1. The highest BCUT2D eigenvalue weighted by Crippen LogP contribution is 2.20. The number of rotatable bonds is 5. The Morgan fingerprint density at radius 2 is 2.10 bits per heavy atom. The number of nitrogens with one attached hydrogen (secondary N) is 1. The Hall–Kier alpha value is -1.44. The maximum atomic E-state index is 12.2. The van der Waals surface area contributed by atoms with Crippen LogP contribution in [0.5, 0.6) is 0 Å². The average Bonchev–Trinajstić information content (AvgIpc) is 2.25. The predicted molar refractivity (Wildman–Crippen MR) is 76.5 cm³/mol. The van der Waals surface area contributed by atoms with Crippen molar-refractivity contribution in [2.75, 3.05) is 18.1 Å². The van der Waals surface area contributed by atoms with Crippen molar-refractivity contribution in [2.45, 2.75) is 38.3 Å². The van der Waals surface area contributed by atoms with E-state index in [4.69, 9.17) is 10.8 Å². The quantitative estimate of drug-likeness (QED) is 0.673. The first-order valence-corrected chi connectivity index (χ1v) is 7.53. The molecule has 114 valence electrons. The lowest BCUT2D eigenvalue weighted by atomic mass is 10.0. The Bertz CT molecular complexity index is 400. The Balaban J connectivity index is 2.67. The SMILES string of the molecule is CC(C)(CC(N)=O)NC(=O)N1CCSCC1CC(=O)O. The molecule has 1 saturated heterocycles. The Labute approximate surface area is 122 Å². The summed E-state index contributed by atoms with van der Waals surface area (Å²) in [4.78, 5) is 35.6. The van der Waals surface area contributed by atoms with Crippen LogP contribution in [0.1, 0.15) is 26.7 Å². The van der Waals surface area contributed by atoms with Crippen molar-refractivity contribution in [1.82, 2.24) is 10.2 Å². The standard InChI is InChI=1S/C12H21N3O4S/c1-12(2,6-9(13)16)14-11(19)15-3-4-20-7-8(15)5-10(17)18/h8H,3-7H2,1-2H3,(H2,13,16)(H,14,19)(H,17,18). The van der Waals surface area contributed by atoms with Gasteiger partial charge in [-0.2, -0.15) is 11.8 Å². The molecule has 1 aliphatic rings. The predicted octanol–water partition coefficient (Wildman–Crippen LogP) is 0.242. The van der Waals surface area contributed by atoms with Gasteiger partial charge in [-0.3, -0.25) is 9.59 Å². The van der Waals surface area contributed by atoms with Gasteiger partial charge < -0.3 is 21.1 Å². The largest absolute Gasteiger partial charge is 0.481 e. The molecule has 1 unspecified atom stereocenters. The van der Waals surface area contributed by atoms with Gasteiger partial charge in [-0.05, 0) is 13.8 Å². The third-order valence-corrected chi connectivity index (χ3v) is 4.05. The molecule has 0 bridgehead atoms. The molecule has 0 aromatic carbocycles. The van der Waals surface area contributed by atoms with Gasteiger partial charge in [0.25, 0.3) is 0 Å². The van der Waals surface area contributed by atoms with Gasteiger partial charge in [0, 0.05) is 30.0 Å². The van der Waals surface area contributed by atoms with Crippen LogP contribution in [0.2, 0.25) is 0 Å². The molecule has 0 spiro atoms. The van der Waals surface area contributed by atoms with Crippen LogP contribution in [0.25, 0.3) is 0 Å². The molecule has 7 nitrogen and oxygen atoms in total. The number of aliphatic carboxylic acids is 1. The van der Waals surface area contributed by atoms with E-state index >= 15 is 0 Å². The molecule has 1 rings (SSSR count).